The van der Waals surface area contributed by atoms with Crippen LogP contribution in [-0.4, -0.2) is 38.9 Å². The van der Waals surface area contributed by atoms with Crippen LogP contribution in [0.3, 0.4) is 0 Å². The maximum atomic E-state index is 13.1. The number of halogens is 1. The van der Waals surface area contributed by atoms with Gasteiger partial charge in [0.05, 0.1) is 36.4 Å². The summed E-state index contributed by atoms with van der Waals surface area (Å²) >= 11 is 6.01. The van der Waals surface area contributed by atoms with E-state index in [2.05, 4.69) is 24.5 Å². The lowest BCUT2D eigenvalue weighted by molar-refractivity contribution is 0.0915. The Bertz CT molecular complexity index is 1310. The van der Waals surface area contributed by atoms with Crippen LogP contribution in [0.25, 0.3) is 0 Å². The smallest absolute Gasteiger partial charge is 0.251 e. The first-order valence-electron chi connectivity index (χ1n) is 12.0. The van der Waals surface area contributed by atoms with Crippen molar-refractivity contribution in [2.24, 2.45) is 5.92 Å². The number of aliphatic hydroxyl groups excluding tert-OH is 1. The van der Waals surface area contributed by atoms with Crippen molar-refractivity contribution < 1.29 is 23.1 Å². The molecular formula is C28H33ClN2O5S. The van der Waals surface area contributed by atoms with Gasteiger partial charge in [-0.1, -0.05) is 50.6 Å². The number of carbonyl (C=O) groups is 1. The number of anilines is 1. The molecule has 2 unspecified atom stereocenters. The summed E-state index contributed by atoms with van der Waals surface area (Å²) < 4.78 is 29.8. The summed E-state index contributed by atoms with van der Waals surface area (Å²) in [5.41, 5.74) is 2.78. The van der Waals surface area contributed by atoms with Crippen molar-refractivity contribution in [3.8, 4) is 5.75 Å². The first kappa shape index (κ1) is 28.5. The predicted octanol–water partition coefficient (Wildman–Crippen LogP) is 5.41. The average Bonchev–Trinajstić information content (AvgIpc) is 2.90. The lowest BCUT2D eigenvalue weighted by Crippen LogP contribution is -2.31. The lowest BCUT2D eigenvalue weighted by atomic mass is 9.93. The second kappa shape index (κ2) is 12.4. The largest absolute Gasteiger partial charge is 0.496 e. The van der Waals surface area contributed by atoms with Gasteiger partial charge in [-0.2, -0.15) is 0 Å². The molecule has 0 aliphatic carbocycles. The van der Waals surface area contributed by atoms with Crippen molar-refractivity contribution in [2.45, 2.75) is 37.8 Å². The number of sulfone groups is 1. The molecule has 0 bridgehead atoms. The highest BCUT2D eigenvalue weighted by Crippen LogP contribution is 2.34. The molecule has 3 rings (SSSR count). The summed E-state index contributed by atoms with van der Waals surface area (Å²) in [6, 6.07) is 18.1. The van der Waals surface area contributed by atoms with Crippen molar-refractivity contribution in [1.29, 1.82) is 0 Å². The Hall–Kier alpha value is -3.07. The van der Waals surface area contributed by atoms with Crippen LogP contribution in [0.4, 0.5) is 5.69 Å². The topological polar surface area (TPSA) is 105 Å². The number of methoxy groups -OCH3 is 1. The highest BCUT2D eigenvalue weighted by molar-refractivity contribution is 7.91. The Kier molecular flexibility index (Phi) is 9.59. The van der Waals surface area contributed by atoms with E-state index in [4.69, 9.17) is 16.3 Å². The summed E-state index contributed by atoms with van der Waals surface area (Å²) in [6.07, 6.45) is 0. The summed E-state index contributed by atoms with van der Waals surface area (Å²) in [5, 5.41) is 16.9. The average molecular weight is 545 g/mol. The summed E-state index contributed by atoms with van der Waals surface area (Å²) in [6.45, 7) is 5.42. The molecule has 37 heavy (non-hydrogen) atoms. The van der Waals surface area contributed by atoms with E-state index in [1.54, 1.807) is 38.3 Å². The van der Waals surface area contributed by atoms with Crippen molar-refractivity contribution in [3.63, 3.8) is 0 Å². The zero-order chi connectivity index (χ0) is 27.2. The first-order valence-corrected chi connectivity index (χ1v) is 14.1. The molecular weight excluding hydrogens is 512 g/mol. The number of amides is 1. The first-order chi connectivity index (χ1) is 17.6. The summed E-state index contributed by atoms with van der Waals surface area (Å²) in [5.74, 6) is 0.378. The van der Waals surface area contributed by atoms with Gasteiger partial charge in [-0.05, 0) is 60.0 Å². The predicted molar refractivity (Wildman–Crippen MR) is 147 cm³/mol. The van der Waals surface area contributed by atoms with Gasteiger partial charge in [0.2, 0.25) is 0 Å². The fourth-order valence-corrected chi connectivity index (χ4v) is 5.00. The van der Waals surface area contributed by atoms with E-state index in [1.165, 1.54) is 12.1 Å². The molecule has 0 saturated carbocycles. The number of carbonyl (C=O) groups excluding carboxylic acids is 1. The van der Waals surface area contributed by atoms with E-state index >= 15 is 0 Å². The minimum Gasteiger partial charge on any atom is -0.496 e. The fraction of sp³-hybridized carbons (Fsp3) is 0.321. The highest BCUT2D eigenvalue weighted by Gasteiger charge is 2.23. The SMILES string of the molecule is CCS(=O)(=O)c1ccc(C(CO)NC(=O)c2ccc(C(Nc3ccc(Cl)cc3)C(C)C)c(OC)c2)cc1. The number of rotatable bonds is 11. The Morgan fingerprint density at radius 1 is 1.03 bits per heavy atom. The van der Waals surface area contributed by atoms with Crippen LogP contribution in [0.1, 0.15) is 54.3 Å². The number of aliphatic hydroxyl groups is 1. The van der Waals surface area contributed by atoms with Gasteiger partial charge in [-0.25, -0.2) is 8.42 Å². The third kappa shape index (κ3) is 7.03. The van der Waals surface area contributed by atoms with Crippen LogP contribution in [0.2, 0.25) is 5.02 Å². The quantitative estimate of drug-likeness (QED) is 0.298. The number of benzene rings is 3. The van der Waals surface area contributed by atoms with Gasteiger partial charge in [0.15, 0.2) is 9.84 Å². The Morgan fingerprint density at radius 3 is 2.22 bits per heavy atom. The molecule has 3 aromatic carbocycles. The van der Waals surface area contributed by atoms with Crippen LogP contribution in [0.5, 0.6) is 5.75 Å². The number of hydrogen-bond acceptors (Lipinski definition) is 6. The molecule has 2 atom stereocenters. The van der Waals surface area contributed by atoms with Crippen LogP contribution in [-0.2, 0) is 9.84 Å². The van der Waals surface area contributed by atoms with Gasteiger partial charge in [0.25, 0.3) is 5.91 Å². The highest BCUT2D eigenvalue weighted by atomic mass is 35.5. The molecule has 3 aromatic rings. The zero-order valence-corrected chi connectivity index (χ0v) is 22.9. The summed E-state index contributed by atoms with van der Waals surface area (Å²) in [7, 11) is -1.78. The minimum atomic E-state index is -3.34. The summed E-state index contributed by atoms with van der Waals surface area (Å²) in [4.78, 5) is 13.3. The van der Waals surface area contributed by atoms with Crippen molar-refractivity contribution in [1.82, 2.24) is 5.32 Å². The molecule has 3 N–H and O–H groups in total. The van der Waals surface area contributed by atoms with Gasteiger partial charge < -0.3 is 20.5 Å². The molecule has 0 aromatic heterocycles. The molecule has 198 valence electrons. The van der Waals surface area contributed by atoms with Crippen molar-refractivity contribution >= 4 is 33.0 Å². The van der Waals surface area contributed by atoms with Gasteiger partial charge in [-0.15, -0.1) is 0 Å². The van der Waals surface area contributed by atoms with E-state index in [1.807, 2.05) is 30.3 Å². The van der Waals surface area contributed by atoms with Gasteiger partial charge in [-0.3, -0.25) is 4.79 Å². The van der Waals surface area contributed by atoms with Gasteiger partial charge in [0.1, 0.15) is 5.75 Å². The molecule has 0 heterocycles. The normalized spacial score (nSPS) is 13.2. The maximum Gasteiger partial charge on any atom is 0.251 e. The van der Waals surface area contributed by atoms with Crippen molar-refractivity contribution in [2.75, 3.05) is 24.8 Å². The molecule has 0 saturated heterocycles. The van der Waals surface area contributed by atoms with Crippen molar-refractivity contribution in [3.05, 3.63) is 88.4 Å². The molecule has 0 aliphatic heterocycles. The Balaban J connectivity index is 1.81. The zero-order valence-electron chi connectivity index (χ0n) is 21.4. The molecule has 0 aliphatic rings. The lowest BCUT2D eigenvalue weighted by Gasteiger charge is -2.26. The third-order valence-electron chi connectivity index (χ3n) is 6.17. The second-order valence-electron chi connectivity index (χ2n) is 9.01. The molecule has 0 fully saturated rings. The molecule has 9 heteroatoms. The Labute approximate surface area is 223 Å². The van der Waals surface area contributed by atoms with Crippen LogP contribution in [0, 0.1) is 5.92 Å². The molecule has 7 nitrogen and oxygen atoms in total. The number of nitrogens with one attached hydrogen (secondary N) is 2. The minimum absolute atomic E-state index is 0.00275. The number of hydrogen-bond donors (Lipinski definition) is 3. The maximum absolute atomic E-state index is 13.1. The monoisotopic (exact) mass is 544 g/mol. The molecule has 0 spiro atoms. The van der Waals surface area contributed by atoms with Crippen LogP contribution in [0.15, 0.2) is 71.6 Å². The van der Waals surface area contributed by atoms with Gasteiger partial charge >= 0.3 is 0 Å². The van der Waals surface area contributed by atoms with Crippen LogP contribution >= 0.6 is 11.6 Å². The van der Waals surface area contributed by atoms with E-state index < -0.39 is 15.9 Å². The van der Waals surface area contributed by atoms with E-state index in [0.717, 1.165) is 11.3 Å². The fourth-order valence-electron chi connectivity index (χ4n) is 3.99. The van der Waals surface area contributed by atoms with E-state index in [0.29, 0.717) is 21.9 Å². The van der Waals surface area contributed by atoms with Gasteiger partial charge in [0, 0.05) is 21.8 Å². The van der Waals surface area contributed by atoms with E-state index in [-0.39, 0.29) is 35.1 Å². The third-order valence-corrected chi connectivity index (χ3v) is 8.18. The molecule has 1 amide bonds. The number of ether oxygens (including phenoxy) is 1. The standard InChI is InChI=1S/C28H33ClN2O5S/c1-5-37(34,35)23-13-6-19(7-14-23)25(17-32)31-28(33)20-8-15-24(26(16-20)36-4)27(18(2)3)30-22-11-9-21(29)10-12-22/h6-16,18,25,27,30,32H,5,17H2,1-4H3,(H,31,33). The molecule has 0 radical (unpaired) electrons. The van der Waals surface area contributed by atoms with E-state index in [9.17, 15) is 18.3 Å². The second-order valence-corrected chi connectivity index (χ2v) is 11.7. The van der Waals surface area contributed by atoms with Crippen LogP contribution < -0.4 is 15.4 Å². The Morgan fingerprint density at radius 2 is 1.68 bits per heavy atom.